The molecule has 0 radical (unpaired) electrons. The van der Waals surface area contributed by atoms with Crippen molar-refractivity contribution in [3.63, 3.8) is 0 Å². The van der Waals surface area contributed by atoms with Crippen molar-refractivity contribution in [3.8, 4) is 0 Å². The van der Waals surface area contributed by atoms with Crippen LogP contribution >= 0.6 is 0 Å². The first-order valence-electron chi connectivity index (χ1n) is 10.8. The molecule has 0 spiro atoms. The molecule has 4 amide bonds. The number of amides is 4. The zero-order chi connectivity index (χ0) is 23.8. The summed E-state index contributed by atoms with van der Waals surface area (Å²) in [6.45, 7) is 0.112. The van der Waals surface area contributed by atoms with Crippen LogP contribution in [0.5, 0.6) is 0 Å². The molecule has 0 unspecified atom stereocenters. The first-order chi connectivity index (χ1) is 15.7. The topological polar surface area (TPSA) is 73.5 Å². The molecule has 2 aromatic carbocycles. The van der Waals surface area contributed by atoms with Crippen molar-refractivity contribution < 1.29 is 27.2 Å². The predicted octanol–water partition coefficient (Wildman–Crippen LogP) is 5.51. The zero-order valence-electron chi connectivity index (χ0n) is 17.9. The van der Waals surface area contributed by atoms with E-state index in [1.54, 1.807) is 0 Å². The number of anilines is 2. The largest absolute Gasteiger partial charge is 0.416 e. The van der Waals surface area contributed by atoms with Gasteiger partial charge in [-0.25, -0.2) is 14.0 Å². The quantitative estimate of drug-likeness (QED) is 0.491. The number of urea groups is 2. The summed E-state index contributed by atoms with van der Waals surface area (Å²) in [5.74, 6) is -0.498. The van der Waals surface area contributed by atoms with E-state index in [1.165, 1.54) is 41.3 Å². The molecule has 0 aromatic heterocycles. The van der Waals surface area contributed by atoms with Crippen molar-refractivity contribution in [1.29, 1.82) is 0 Å². The summed E-state index contributed by atoms with van der Waals surface area (Å²) in [6.07, 6.45) is 0.599. The molecular weight excluding hydrogens is 440 g/mol. The predicted molar refractivity (Wildman–Crippen MR) is 118 cm³/mol. The molecule has 0 bridgehead atoms. The van der Waals surface area contributed by atoms with Crippen molar-refractivity contribution in [2.45, 2.75) is 44.3 Å². The van der Waals surface area contributed by atoms with E-state index in [0.717, 1.165) is 44.2 Å². The standard InChI is InChI=1S/C23H26F4N4O2/c24-17-9-11-20(12-10-17)31(14-13-28-21(32)29-18-6-2-1-3-7-18)22(33)30-19-8-4-5-16(15-19)23(25,26)27/h4-5,8-12,15,18H,1-3,6-7,13-14H2,(H,30,33)(H2,28,29,32). The minimum Gasteiger partial charge on any atom is -0.336 e. The van der Waals surface area contributed by atoms with E-state index < -0.39 is 23.6 Å². The van der Waals surface area contributed by atoms with Gasteiger partial charge in [0.05, 0.1) is 5.56 Å². The van der Waals surface area contributed by atoms with E-state index in [2.05, 4.69) is 16.0 Å². The monoisotopic (exact) mass is 466 g/mol. The SMILES string of the molecule is O=C(NCCN(C(=O)Nc1cccc(C(F)(F)F)c1)c1ccc(F)cc1)NC1CCCCC1. The Kier molecular flexibility index (Phi) is 8.13. The number of hydrogen-bond donors (Lipinski definition) is 3. The third-order valence-electron chi connectivity index (χ3n) is 5.39. The Balaban J connectivity index is 1.64. The first kappa shape index (κ1) is 24.3. The molecule has 0 heterocycles. The molecule has 0 atom stereocenters. The number of hydrogen-bond acceptors (Lipinski definition) is 2. The van der Waals surface area contributed by atoms with Crippen molar-refractivity contribution in [3.05, 3.63) is 59.9 Å². The highest BCUT2D eigenvalue weighted by Gasteiger charge is 2.30. The number of carbonyl (C=O) groups is 2. The van der Waals surface area contributed by atoms with E-state index in [4.69, 9.17) is 0 Å². The molecule has 1 aliphatic carbocycles. The maximum absolute atomic E-state index is 13.3. The lowest BCUT2D eigenvalue weighted by atomic mass is 9.96. The molecule has 1 fully saturated rings. The van der Waals surface area contributed by atoms with Crippen molar-refractivity contribution in [2.75, 3.05) is 23.3 Å². The van der Waals surface area contributed by atoms with Crippen LogP contribution in [0.2, 0.25) is 0 Å². The minimum atomic E-state index is -4.55. The van der Waals surface area contributed by atoms with Crippen LogP contribution in [0.15, 0.2) is 48.5 Å². The highest BCUT2D eigenvalue weighted by atomic mass is 19.4. The van der Waals surface area contributed by atoms with Crippen LogP contribution in [0.1, 0.15) is 37.7 Å². The number of halogens is 4. The molecule has 0 saturated heterocycles. The van der Waals surface area contributed by atoms with Crippen molar-refractivity contribution in [1.82, 2.24) is 10.6 Å². The van der Waals surface area contributed by atoms with Crippen molar-refractivity contribution in [2.24, 2.45) is 0 Å². The van der Waals surface area contributed by atoms with E-state index >= 15 is 0 Å². The summed E-state index contributed by atoms with van der Waals surface area (Å²) in [4.78, 5) is 26.3. The summed E-state index contributed by atoms with van der Waals surface area (Å²) in [5.41, 5.74) is -0.602. The second-order valence-electron chi connectivity index (χ2n) is 7.87. The van der Waals surface area contributed by atoms with Crippen molar-refractivity contribution >= 4 is 23.4 Å². The van der Waals surface area contributed by atoms with Gasteiger partial charge in [-0.2, -0.15) is 13.2 Å². The van der Waals surface area contributed by atoms with Gasteiger partial charge < -0.3 is 16.0 Å². The van der Waals surface area contributed by atoms with Crippen LogP contribution in [-0.2, 0) is 6.18 Å². The van der Waals surface area contributed by atoms with Gasteiger partial charge in [0.25, 0.3) is 0 Å². The van der Waals surface area contributed by atoms with Gasteiger partial charge in [-0.05, 0) is 55.3 Å². The highest BCUT2D eigenvalue weighted by molar-refractivity contribution is 6.01. The molecular formula is C23H26F4N4O2. The van der Waals surface area contributed by atoms with Gasteiger partial charge in [-0.1, -0.05) is 25.3 Å². The Morgan fingerprint density at radius 1 is 1.00 bits per heavy atom. The Labute approximate surface area is 189 Å². The highest BCUT2D eigenvalue weighted by Crippen LogP contribution is 2.30. The molecule has 178 valence electrons. The summed E-state index contributed by atoms with van der Waals surface area (Å²) >= 11 is 0. The second kappa shape index (κ2) is 11.0. The second-order valence-corrected chi connectivity index (χ2v) is 7.87. The Morgan fingerprint density at radius 3 is 2.36 bits per heavy atom. The number of nitrogens with one attached hydrogen (secondary N) is 3. The normalized spacial score (nSPS) is 14.4. The number of nitrogens with zero attached hydrogens (tertiary/aromatic N) is 1. The molecule has 6 nitrogen and oxygen atoms in total. The molecule has 2 aromatic rings. The van der Waals surface area contributed by atoms with Gasteiger partial charge in [0.2, 0.25) is 0 Å². The van der Waals surface area contributed by atoms with Crippen LogP contribution in [0.4, 0.5) is 38.5 Å². The average Bonchev–Trinajstić information content (AvgIpc) is 2.78. The third-order valence-corrected chi connectivity index (χ3v) is 5.39. The lowest BCUT2D eigenvalue weighted by Crippen LogP contribution is -2.46. The molecule has 33 heavy (non-hydrogen) atoms. The molecule has 1 saturated carbocycles. The van der Waals surface area contributed by atoms with Gasteiger partial charge in [-0.15, -0.1) is 0 Å². The van der Waals surface area contributed by atoms with Crippen LogP contribution in [0, 0.1) is 5.82 Å². The van der Waals surface area contributed by atoms with Crippen LogP contribution in [0.25, 0.3) is 0 Å². The number of rotatable bonds is 6. The van der Waals surface area contributed by atoms with Gasteiger partial charge in [0.1, 0.15) is 5.82 Å². The van der Waals surface area contributed by atoms with Crippen LogP contribution in [0.3, 0.4) is 0 Å². The third kappa shape index (κ3) is 7.37. The van der Waals surface area contributed by atoms with Crippen LogP contribution in [-0.4, -0.2) is 31.2 Å². The minimum absolute atomic E-state index is 0.0223. The number of carbonyl (C=O) groups excluding carboxylic acids is 2. The molecule has 3 rings (SSSR count). The average molecular weight is 466 g/mol. The van der Waals surface area contributed by atoms with E-state index in [0.29, 0.717) is 5.69 Å². The first-order valence-corrected chi connectivity index (χ1v) is 10.8. The fourth-order valence-electron chi connectivity index (χ4n) is 3.70. The van der Waals surface area contributed by atoms with E-state index in [9.17, 15) is 27.2 Å². The zero-order valence-corrected chi connectivity index (χ0v) is 17.9. The Bertz CT molecular complexity index is 944. The fourth-order valence-corrected chi connectivity index (χ4v) is 3.70. The van der Waals surface area contributed by atoms with Gasteiger partial charge in [0.15, 0.2) is 0 Å². The fraction of sp³-hybridized carbons (Fsp3) is 0.391. The van der Waals surface area contributed by atoms with Gasteiger partial charge in [0, 0.05) is 30.5 Å². The molecule has 0 aliphatic heterocycles. The number of alkyl halides is 3. The maximum atomic E-state index is 13.3. The summed E-state index contributed by atoms with van der Waals surface area (Å²) in [7, 11) is 0. The summed E-state index contributed by atoms with van der Waals surface area (Å²) < 4.78 is 52.3. The summed E-state index contributed by atoms with van der Waals surface area (Å²) in [6, 6.07) is 8.42. The number of benzene rings is 2. The van der Waals surface area contributed by atoms with Crippen LogP contribution < -0.4 is 20.9 Å². The maximum Gasteiger partial charge on any atom is 0.416 e. The van der Waals surface area contributed by atoms with Gasteiger partial charge in [-0.3, -0.25) is 4.90 Å². The smallest absolute Gasteiger partial charge is 0.336 e. The molecule has 10 heteroatoms. The summed E-state index contributed by atoms with van der Waals surface area (Å²) in [5, 5.41) is 8.04. The van der Waals surface area contributed by atoms with E-state index in [-0.39, 0.29) is 30.8 Å². The lowest BCUT2D eigenvalue weighted by Gasteiger charge is -2.25. The molecule has 3 N–H and O–H groups in total. The van der Waals surface area contributed by atoms with Gasteiger partial charge >= 0.3 is 18.2 Å². The molecule has 1 aliphatic rings. The lowest BCUT2D eigenvalue weighted by molar-refractivity contribution is -0.137. The Hall–Kier alpha value is -3.30. The Morgan fingerprint density at radius 2 is 1.70 bits per heavy atom. The van der Waals surface area contributed by atoms with E-state index in [1.807, 2.05) is 0 Å².